The van der Waals surface area contributed by atoms with E-state index in [0.29, 0.717) is 33.9 Å². The zero-order valence-corrected chi connectivity index (χ0v) is 21.6. The van der Waals surface area contributed by atoms with Gasteiger partial charge in [-0.1, -0.05) is 30.7 Å². The van der Waals surface area contributed by atoms with Crippen LogP contribution in [-0.2, 0) is 25.5 Å². The van der Waals surface area contributed by atoms with Crippen molar-refractivity contribution in [3.63, 3.8) is 0 Å². The van der Waals surface area contributed by atoms with E-state index in [0.717, 1.165) is 6.42 Å². The van der Waals surface area contributed by atoms with Gasteiger partial charge in [0.15, 0.2) is 5.78 Å². The lowest BCUT2D eigenvalue weighted by Gasteiger charge is -2.17. The molecule has 11 nitrogen and oxygen atoms in total. The highest BCUT2D eigenvalue weighted by atomic mass is 35.5. The summed E-state index contributed by atoms with van der Waals surface area (Å²) in [6, 6.07) is 10.3. The van der Waals surface area contributed by atoms with Crippen molar-refractivity contribution in [3.05, 3.63) is 76.6 Å². The number of tetrazole rings is 1. The van der Waals surface area contributed by atoms with Crippen molar-refractivity contribution in [2.75, 3.05) is 13.7 Å². The van der Waals surface area contributed by atoms with Crippen molar-refractivity contribution >= 4 is 41.2 Å². The molecule has 198 valence electrons. The Kier molecular flexibility index (Phi) is 10.2. The molecule has 12 heteroatoms. The van der Waals surface area contributed by atoms with Crippen LogP contribution in [0.15, 0.2) is 54.9 Å². The van der Waals surface area contributed by atoms with Crippen LogP contribution in [0.3, 0.4) is 0 Å². The van der Waals surface area contributed by atoms with E-state index < -0.39 is 17.9 Å². The van der Waals surface area contributed by atoms with Crippen molar-refractivity contribution in [2.24, 2.45) is 0 Å². The Balaban J connectivity index is 1.75. The molecule has 38 heavy (non-hydrogen) atoms. The fraction of sp³-hybridized carbons (Fsp3) is 0.269. The molecule has 3 rings (SSSR count). The summed E-state index contributed by atoms with van der Waals surface area (Å²) in [5.74, 6) is -1.78. The van der Waals surface area contributed by atoms with Crippen LogP contribution in [0.2, 0.25) is 5.02 Å². The zero-order chi connectivity index (χ0) is 27.5. The summed E-state index contributed by atoms with van der Waals surface area (Å²) >= 11 is 6.12. The highest BCUT2D eigenvalue weighted by Crippen LogP contribution is 2.20. The summed E-state index contributed by atoms with van der Waals surface area (Å²) < 4.78 is 6.10. The number of rotatable bonds is 12. The smallest absolute Gasteiger partial charge is 0.337 e. The first kappa shape index (κ1) is 28.2. The molecule has 0 fully saturated rings. The number of amides is 2. The topological polar surface area (TPSA) is 145 Å². The Hall–Kier alpha value is -4.38. The number of halogens is 1. The van der Waals surface area contributed by atoms with Gasteiger partial charge in [-0.2, -0.15) is 4.68 Å². The lowest BCUT2D eigenvalue weighted by atomic mass is 10.00. The quantitative estimate of drug-likeness (QED) is 0.264. The molecule has 0 unspecified atom stereocenters. The number of carbonyl (C=O) groups excluding carboxylic acids is 4. The number of methoxy groups -OCH3 is 1. The molecule has 0 aliphatic heterocycles. The summed E-state index contributed by atoms with van der Waals surface area (Å²) in [4.78, 5) is 49.9. The van der Waals surface area contributed by atoms with E-state index in [4.69, 9.17) is 11.6 Å². The van der Waals surface area contributed by atoms with Crippen LogP contribution < -0.4 is 10.6 Å². The number of Topliss-reactive ketones (excluding diaryl/α,β-unsaturated/α-hetero) is 1. The number of nitrogens with zero attached hydrogens (tertiary/aromatic N) is 4. The third-order valence-electron chi connectivity index (χ3n) is 5.42. The average molecular weight is 539 g/mol. The number of carbonyl (C=O) groups is 4. The van der Waals surface area contributed by atoms with Gasteiger partial charge in [0.25, 0.3) is 0 Å². The van der Waals surface area contributed by atoms with E-state index in [1.165, 1.54) is 30.3 Å². The second-order valence-electron chi connectivity index (χ2n) is 8.24. The van der Waals surface area contributed by atoms with Gasteiger partial charge in [0.05, 0.1) is 30.8 Å². The van der Waals surface area contributed by atoms with Gasteiger partial charge in [0.2, 0.25) is 11.8 Å². The minimum absolute atomic E-state index is 0.0467. The molecule has 1 heterocycles. The molecular formula is C26H27ClN6O5. The van der Waals surface area contributed by atoms with Gasteiger partial charge in [-0.3, -0.25) is 14.4 Å². The maximum atomic E-state index is 13.1. The molecular weight excluding hydrogens is 512 g/mol. The molecule has 0 saturated carbocycles. The number of ether oxygens (including phenoxy) is 1. The van der Waals surface area contributed by atoms with Crippen LogP contribution in [0.4, 0.5) is 0 Å². The van der Waals surface area contributed by atoms with Gasteiger partial charge in [-0.05, 0) is 58.8 Å². The second kappa shape index (κ2) is 13.8. The average Bonchev–Trinajstić information content (AvgIpc) is 3.45. The van der Waals surface area contributed by atoms with E-state index in [1.54, 1.807) is 42.5 Å². The van der Waals surface area contributed by atoms with Crippen molar-refractivity contribution in [1.29, 1.82) is 0 Å². The van der Waals surface area contributed by atoms with E-state index in [1.807, 2.05) is 6.92 Å². The van der Waals surface area contributed by atoms with Gasteiger partial charge in [0.1, 0.15) is 6.33 Å². The summed E-state index contributed by atoms with van der Waals surface area (Å²) in [6.45, 7) is 2.37. The van der Waals surface area contributed by atoms with E-state index in [9.17, 15) is 19.2 Å². The zero-order valence-electron chi connectivity index (χ0n) is 20.9. The molecule has 0 bridgehead atoms. The summed E-state index contributed by atoms with van der Waals surface area (Å²) in [6.07, 6.45) is 4.63. The predicted octanol–water partition coefficient (Wildman–Crippen LogP) is 2.33. The summed E-state index contributed by atoms with van der Waals surface area (Å²) in [5, 5.41) is 16.9. The first-order chi connectivity index (χ1) is 18.3. The first-order valence-electron chi connectivity index (χ1n) is 11.8. The molecule has 3 aromatic rings. The Labute approximate surface area is 224 Å². The van der Waals surface area contributed by atoms with Crippen LogP contribution >= 0.6 is 11.6 Å². The minimum atomic E-state index is -1.07. The van der Waals surface area contributed by atoms with Crippen LogP contribution in [0.5, 0.6) is 0 Å². The van der Waals surface area contributed by atoms with Crippen molar-refractivity contribution in [1.82, 2.24) is 30.8 Å². The van der Waals surface area contributed by atoms with Crippen LogP contribution in [-0.4, -0.2) is 63.5 Å². The third kappa shape index (κ3) is 8.07. The largest absolute Gasteiger partial charge is 0.465 e. The van der Waals surface area contributed by atoms with Gasteiger partial charge in [0, 0.05) is 29.6 Å². The highest BCUT2D eigenvalue weighted by molar-refractivity contribution is 6.30. The first-order valence-corrected chi connectivity index (χ1v) is 12.2. The molecule has 2 aromatic carbocycles. The standard InChI is InChI=1S/C26H27ClN6O5/c1-3-12-28-25(36)15-21(23(34)13-17-4-6-18(7-5-17)26(37)38-2)30-24(35)11-8-19-14-20(27)9-10-22(19)33-16-29-31-32-33/h4-11,14,16,21H,3,12-13,15H2,1-2H3,(H,28,36)(H,30,35)/b11-8+/t21-/m0/s1. The molecule has 0 aliphatic carbocycles. The number of hydrogen-bond acceptors (Lipinski definition) is 8. The monoisotopic (exact) mass is 538 g/mol. The number of hydrogen-bond donors (Lipinski definition) is 2. The van der Waals surface area contributed by atoms with Gasteiger partial charge < -0.3 is 15.4 Å². The molecule has 2 N–H and O–H groups in total. The van der Waals surface area contributed by atoms with Gasteiger partial charge in [-0.15, -0.1) is 5.10 Å². The lowest BCUT2D eigenvalue weighted by molar-refractivity contribution is -0.129. The van der Waals surface area contributed by atoms with Gasteiger partial charge in [-0.25, -0.2) is 4.79 Å². The fourth-order valence-corrected chi connectivity index (χ4v) is 3.67. The second-order valence-corrected chi connectivity index (χ2v) is 8.67. The molecule has 1 aromatic heterocycles. The normalized spacial score (nSPS) is 11.7. The number of benzene rings is 2. The van der Waals surface area contributed by atoms with Crippen molar-refractivity contribution in [2.45, 2.75) is 32.2 Å². The summed E-state index contributed by atoms with van der Waals surface area (Å²) in [5.41, 5.74) is 2.12. The Bertz CT molecular complexity index is 1310. The van der Waals surface area contributed by atoms with Gasteiger partial charge >= 0.3 is 5.97 Å². The number of esters is 1. The Morgan fingerprint density at radius 1 is 1.13 bits per heavy atom. The summed E-state index contributed by atoms with van der Waals surface area (Å²) in [7, 11) is 1.28. The van der Waals surface area contributed by atoms with E-state index >= 15 is 0 Å². The van der Waals surface area contributed by atoms with E-state index in [2.05, 4.69) is 30.9 Å². The SMILES string of the molecule is CCCNC(=O)C[C@H](NC(=O)/C=C/c1cc(Cl)ccc1-n1cnnn1)C(=O)Cc1ccc(C(=O)OC)cc1. The van der Waals surface area contributed by atoms with E-state index in [-0.39, 0.29) is 24.5 Å². The predicted molar refractivity (Wildman–Crippen MR) is 140 cm³/mol. The highest BCUT2D eigenvalue weighted by Gasteiger charge is 2.23. The number of ketones is 1. The molecule has 0 aliphatic rings. The van der Waals surface area contributed by atoms with Crippen LogP contribution in [0.1, 0.15) is 41.3 Å². The minimum Gasteiger partial charge on any atom is -0.465 e. The molecule has 1 atom stereocenters. The molecule has 0 spiro atoms. The Morgan fingerprint density at radius 3 is 2.55 bits per heavy atom. The maximum Gasteiger partial charge on any atom is 0.337 e. The molecule has 0 saturated heterocycles. The van der Waals surface area contributed by atoms with Crippen LogP contribution in [0.25, 0.3) is 11.8 Å². The lowest BCUT2D eigenvalue weighted by Crippen LogP contribution is -2.44. The molecule has 2 amide bonds. The molecule has 0 radical (unpaired) electrons. The van der Waals surface area contributed by atoms with Crippen LogP contribution in [0, 0.1) is 0 Å². The number of nitrogens with one attached hydrogen (secondary N) is 2. The fourth-order valence-electron chi connectivity index (χ4n) is 3.49. The van der Waals surface area contributed by atoms with Crippen molar-refractivity contribution in [3.8, 4) is 5.69 Å². The third-order valence-corrected chi connectivity index (χ3v) is 5.66. The maximum absolute atomic E-state index is 13.1. The Morgan fingerprint density at radius 2 is 1.89 bits per heavy atom. The van der Waals surface area contributed by atoms with Crippen molar-refractivity contribution < 1.29 is 23.9 Å². The number of aromatic nitrogens is 4.